The fourth-order valence-corrected chi connectivity index (χ4v) is 2.94. The molecular weight excluding hydrogens is 230 g/mol. The van der Waals surface area contributed by atoms with E-state index in [9.17, 15) is 0 Å². The fraction of sp³-hybridized carbons (Fsp3) is 0.571. The molecule has 0 aliphatic carbocycles. The molecule has 0 atom stereocenters. The SMILES string of the molecule is Cc1cccc(SCCNC2CCOCC2)c1. The zero-order valence-electron chi connectivity index (χ0n) is 10.4. The van der Waals surface area contributed by atoms with Gasteiger partial charge in [0.25, 0.3) is 0 Å². The Morgan fingerprint density at radius 2 is 2.18 bits per heavy atom. The summed E-state index contributed by atoms with van der Waals surface area (Å²) in [5.74, 6) is 1.14. The van der Waals surface area contributed by atoms with Crippen molar-refractivity contribution in [3.8, 4) is 0 Å². The molecule has 1 aliphatic heterocycles. The molecule has 0 amide bonds. The van der Waals surface area contributed by atoms with Gasteiger partial charge in [-0.2, -0.15) is 0 Å². The minimum atomic E-state index is 0.668. The average Bonchev–Trinajstić information content (AvgIpc) is 2.36. The Bertz CT molecular complexity index is 337. The summed E-state index contributed by atoms with van der Waals surface area (Å²) in [6.45, 7) is 5.07. The van der Waals surface area contributed by atoms with Gasteiger partial charge in [0.2, 0.25) is 0 Å². The summed E-state index contributed by atoms with van der Waals surface area (Å²) in [4.78, 5) is 1.37. The van der Waals surface area contributed by atoms with Crippen molar-refractivity contribution in [3.05, 3.63) is 29.8 Å². The number of aryl methyl sites for hydroxylation is 1. The van der Waals surface area contributed by atoms with E-state index in [1.807, 2.05) is 11.8 Å². The standard InChI is InChI=1S/C14H21NOS/c1-12-3-2-4-14(11-12)17-10-7-15-13-5-8-16-9-6-13/h2-4,11,13,15H,5-10H2,1H3. The molecule has 2 nitrogen and oxygen atoms in total. The van der Waals surface area contributed by atoms with E-state index < -0.39 is 0 Å². The molecule has 17 heavy (non-hydrogen) atoms. The summed E-state index contributed by atoms with van der Waals surface area (Å²) in [6, 6.07) is 9.38. The van der Waals surface area contributed by atoms with E-state index >= 15 is 0 Å². The molecule has 0 spiro atoms. The second-order valence-electron chi connectivity index (χ2n) is 4.51. The van der Waals surface area contributed by atoms with E-state index in [1.165, 1.54) is 10.5 Å². The van der Waals surface area contributed by atoms with Crippen molar-refractivity contribution in [3.63, 3.8) is 0 Å². The van der Waals surface area contributed by atoms with Gasteiger partial charge in [-0.1, -0.05) is 17.7 Å². The summed E-state index contributed by atoms with van der Waals surface area (Å²) < 4.78 is 5.34. The van der Waals surface area contributed by atoms with Crippen LogP contribution in [-0.2, 0) is 4.74 Å². The van der Waals surface area contributed by atoms with Crippen LogP contribution in [-0.4, -0.2) is 31.6 Å². The first kappa shape index (κ1) is 12.9. The van der Waals surface area contributed by atoms with Crippen molar-refractivity contribution in [1.29, 1.82) is 0 Å². The molecule has 94 valence electrons. The van der Waals surface area contributed by atoms with Gasteiger partial charge in [0.1, 0.15) is 0 Å². The van der Waals surface area contributed by atoms with Crippen molar-refractivity contribution < 1.29 is 4.74 Å². The third-order valence-corrected chi connectivity index (χ3v) is 4.01. The van der Waals surface area contributed by atoms with Gasteiger partial charge in [0, 0.05) is 36.4 Å². The lowest BCUT2D eigenvalue weighted by molar-refractivity contribution is 0.0786. The first-order valence-electron chi connectivity index (χ1n) is 6.35. The highest BCUT2D eigenvalue weighted by Gasteiger charge is 2.11. The van der Waals surface area contributed by atoms with Gasteiger partial charge >= 0.3 is 0 Å². The quantitative estimate of drug-likeness (QED) is 0.642. The first-order valence-corrected chi connectivity index (χ1v) is 7.34. The molecule has 3 heteroatoms. The number of hydrogen-bond acceptors (Lipinski definition) is 3. The highest BCUT2D eigenvalue weighted by atomic mass is 32.2. The molecule has 0 aromatic heterocycles. The molecule has 0 unspecified atom stereocenters. The third kappa shape index (κ3) is 4.70. The number of hydrogen-bond donors (Lipinski definition) is 1. The smallest absolute Gasteiger partial charge is 0.0480 e. The molecule has 1 aliphatic rings. The van der Waals surface area contributed by atoms with Crippen LogP contribution in [0.25, 0.3) is 0 Å². The zero-order chi connectivity index (χ0) is 11.9. The molecule has 0 saturated carbocycles. The molecule has 1 heterocycles. The van der Waals surface area contributed by atoms with E-state index in [2.05, 4.69) is 36.5 Å². The molecule has 0 radical (unpaired) electrons. The van der Waals surface area contributed by atoms with Crippen molar-refractivity contribution >= 4 is 11.8 Å². The number of rotatable bonds is 5. The summed E-state index contributed by atoms with van der Waals surface area (Å²) in [5, 5.41) is 3.61. The number of thioether (sulfide) groups is 1. The predicted molar refractivity (Wildman–Crippen MR) is 73.7 cm³/mol. The predicted octanol–water partition coefficient (Wildman–Crippen LogP) is 2.86. The second kappa shape index (κ2) is 7.04. The second-order valence-corrected chi connectivity index (χ2v) is 5.67. The van der Waals surface area contributed by atoms with Crippen molar-refractivity contribution in [2.45, 2.75) is 30.7 Å². The van der Waals surface area contributed by atoms with Crippen LogP contribution in [0.1, 0.15) is 18.4 Å². The molecule has 2 rings (SSSR count). The van der Waals surface area contributed by atoms with Crippen LogP contribution in [0.5, 0.6) is 0 Å². The van der Waals surface area contributed by atoms with Gasteiger partial charge in [0.15, 0.2) is 0 Å². The highest BCUT2D eigenvalue weighted by Crippen LogP contribution is 2.18. The summed E-state index contributed by atoms with van der Waals surface area (Å²) >= 11 is 1.93. The third-order valence-electron chi connectivity index (χ3n) is 3.01. The van der Waals surface area contributed by atoms with Gasteiger partial charge < -0.3 is 10.1 Å². The minimum Gasteiger partial charge on any atom is -0.381 e. The van der Waals surface area contributed by atoms with Crippen molar-refractivity contribution in [2.75, 3.05) is 25.5 Å². The van der Waals surface area contributed by atoms with Gasteiger partial charge in [0.05, 0.1) is 0 Å². The lowest BCUT2D eigenvalue weighted by atomic mass is 10.1. The Balaban J connectivity index is 1.62. The van der Waals surface area contributed by atoms with Gasteiger partial charge in [-0.3, -0.25) is 0 Å². The largest absolute Gasteiger partial charge is 0.381 e. The molecule has 0 bridgehead atoms. The molecule has 1 aromatic rings. The Hall–Kier alpha value is -0.510. The summed E-state index contributed by atoms with van der Waals surface area (Å²) in [7, 11) is 0. The number of benzene rings is 1. The molecular formula is C14H21NOS. The maximum atomic E-state index is 5.34. The Labute approximate surface area is 108 Å². The topological polar surface area (TPSA) is 21.3 Å². The summed E-state index contributed by atoms with van der Waals surface area (Å²) in [6.07, 6.45) is 2.32. The van der Waals surface area contributed by atoms with Crippen LogP contribution in [0, 0.1) is 6.92 Å². The number of nitrogens with one attached hydrogen (secondary N) is 1. The molecule has 1 aromatic carbocycles. The Kier molecular flexibility index (Phi) is 5.36. The fourth-order valence-electron chi connectivity index (χ4n) is 2.04. The van der Waals surface area contributed by atoms with Gasteiger partial charge in [-0.15, -0.1) is 11.8 Å². The van der Waals surface area contributed by atoms with Crippen molar-refractivity contribution in [1.82, 2.24) is 5.32 Å². The van der Waals surface area contributed by atoms with Crippen molar-refractivity contribution in [2.24, 2.45) is 0 Å². The minimum absolute atomic E-state index is 0.668. The molecule has 1 fully saturated rings. The zero-order valence-corrected chi connectivity index (χ0v) is 11.3. The summed E-state index contributed by atoms with van der Waals surface area (Å²) in [5.41, 5.74) is 1.34. The van der Waals surface area contributed by atoms with Crippen LogP contribution in [0.4, 0.5) is 0 Å². The lowest BCUT2D eigenvalue weighted by Crippen LogP contribution is -2.35. The van der Waals surface area contributed by atoms with Crippen LogP contribution < -0.4 is 5.32 Å². The van der Waals surface area contributed by atoms with E-state index in [-0.39, 0.29) is 0 Å². The van der Waals surface area contributed by atoms with Gasteiger partial charge in [-0.05, 0) is 31.9 Å². The Morgan fingerprint density at radius 1 is 1.35 bits per heavy atom. The van der Waals surface area contributed by atoms with Crippen LogP contribution >= 0.6 is 11.8 Å². The molecule has 1 N–H and O–H groups in total. The van der Waals surface area contributed by atoms with Crippen LogP contribution in [0.3, 0.4) is 0 Å². The maximum absolute atomic E-state index is 5.34. The monoisotopic (exact) mass is 251 g/mol. The van der Waals surface area contributed by atoms with Crippen LogP contribution in [0.2, 0.25) is 0 Å². The van der Waals surface area contributed by atoms with E-state index in [4.69, 9.17) is 4.74 Å². The van der Waals surface area contributed by atoms with E-state index in [0.29, 0.717) is 6.04 Å². The molecule has 1 saturated heterocycles. The normalized spacial score (nSPS) is 17.2. The maximum Gasteiger partial charge on any atom is 0.0480 e. The highest BCUT2D eigenvalue weighted by molar-refractivity contribution is 7.99. The van der Waals surface area contributed by atoms with E-state index in [1.54, 1.807) is 0 Å². The lowest BCUT2D eigenvalue weighted by Gasteiger charge is -2.23. The average molecular weight is 251 g/mol. The Morgan fingerprint density at radius 3 is 2.94 bits per heavy atom. The van der Waals surface area contributed by atoms with Crippen LogP contribution in [0.15, 0.2) is 29.2 Å². The van der Waals surface area contributed by atoms with Gasteiger partial charge in [-0.25, -0.2) is 0 Å². The van der Waals surface area contributed by atoms with E-state index in [0.717, 1.165) is 38.4 Å². The number of ether oxygens (including phenoxy) is 1. The first-order chi connectivity index (χ1) is 8.34.